The van der Waals surface area contributed by atoms with Crippen LogP contribution in [0.15, 0.2) is 47.6 Å². The number of nitrogens with zero attached hydrogens (tertiary/aromatic N) is 1. The Hall–Kier alpha value is -2.65. The Morgan fingerprint density at radius 2 is 2.12 bits per heavy atom. The summed E-state index contributed by atoms with van der Waals surface area (Å²) in [7, 11) is -2.54. The number of ether oxygens (including phenoxy) is 2. The molecule has 25 heavy (non-hydrogen) atoms. The second-order valence-corrected chi connectivity index (χ2v) is 6.80. The number of amides is 1. The zero-order chi connectivity index (χ0) is 18.4. The highest BCUT2D eigenvalue weighted by Gasteiger charge is 2.18. The van der Waals surface area contributed by atoms with Gasteiger partial charge in [-0.3, -0.25) is 9.78 Å². The molecule has 0 bridgehead atoms. The number of aromatic nitrogens is 1. The maximum atomic E-state index is 12.4. The molecule has 0 unspecified atom stereocenters. The minimum absolute atomic E-state index is 0.0719. The Bertz CT molecular complexity index is 840. The van der Waals surface area contributed by atoms with Crippen LogP contribution in [0.2, 0.25) is 0 Å². The first kappa shape index (κ1) is 18.7. The third kappa shape index (κ3) is 5.16. The second-order valence-electron chi connectivity index (χ2n) is 5.23. The summed E-state index contributed by atoms with van der Waals surface area (Å²) in [5.41, 5.74) is 0.0719. The number of nitrogens with one attached hydrogen (secondary N) is 1. The number of benzene rings is 1. The molecule has 2 aromatic rings. The summed E-state index contributed by atoms with van der Waals surface area (Å²) in [6, 6.07) is 7.33. The highest BCUT2D eigenvalue weighted by molar-refractivity contribution is 7.89. The van der Waals surface area contributed by atoms with E-state index in [2.05, 4.69) is 10.3 Å². The van der Waals surface area contributed by atoms with Crippen LogP contribution < -0.4 is 19.9 Å². The molecule has 1 heterocycles. The molecular weight excluding hydrogens is 346 g/mol. The van der Waals surface area contributed by atoms with Gasteiger partial charge in [0.05, 0.1) is 30.3 Å². The summed E-state index contributed by atoms with van der Waals surface area (Å²) >= 11 is 0. The number of methoxy groups -OCH3 is 1. The van der Waals surface area contributed by atoms with Crippen LogP contribution in [0.25, 0.3) is 0 Å². The van der Waals surface area contributed by atoms with E-state index in [1.165, 1.54) is 25.3 Å². The van der Waals surface area contributed by atoms with Crippen molar-refractivity contribution in [3.8, 4) is 11.5 Å². The van der Waals surface area contributed by atoms with E-state index in [0.29, 0.717) is 5.75 Å². The van der Waals surface area contributed by atoms with E-state index < -0.39 is 15.9 Å². The molecule has 8 nitrogen and oxygen atoms in total. The molecule has 1 aromatic heterocycles. The highest BCUT2D eigenvalue weighted by Crippen LogP contribution is 2.22. The summed E-state index contributed by atoms with van der Waals surface area (Å²) in [5.74, 6) is 0.327. The largest absolute Gasteiger partial charge is 0.496 e. The molecule has 0 radical (unpaired) electrons. The molecule has 1 amide bonds. The Morgan fingerprint density at radius 3 is 2.72 bits per heavy atom. The van der Waals surface area contributed by atoms with Crippen LogP contribution >= 0.6 is 0 Å². The molecule has 1 aromatic carbocycles. The van der Waals surface area contributed by atoms with Crippen LogP contribution in [0.5, 0.6) is 11.5 Å². The van der Waals surface area contributed by atoms with E-state index in [-0.39, 0.29) is 28.9 Å². The third-order valence-electron chi connectivity index (χ3n) is 3.27. The second kappa shape index (κ2) is 7.95. The van der Waals surface area contributed by atoms with Gasteiger partial charge in [-0.25, -0.2) is 13.6 Å². The van der Waals surface area contributed by atoms with Crippen LogP contribution in [-0.4, -0.2) is 39.1 Å². The van der Waals surface area contributed by atoms with Gasteiger partial charge < -0.3 is 14.8 Å². The summed E-state index contributed by atoms with van der Waals surface area (Å²) in [4.78, 5) is 16.1. The normalized spacial score (nSPS) is 12.3. The monoisotopic (exact) mass is 365 g/mol. The number of rotatable bonds is 7. The zero-order valence-corrected chi connectivity index (χ0v) is 14.6. The zero-order valence-electron chi connectivity index (χ0n) is 13.8. The van der Waals surface area contributed by atoms with E-state index in [1.807, 2.05) is 0 Å². The van der Waals surface area contributed by atoms with Crippen molar-refractivity contribution in [3.63, 3.8) is 0 Å². The van der Waals surface area contributed by atoms with Crippen molar-refractivity contribution in [1.29, 1.82) is 0 Å². The summed E-state index contributed by atoms with van der Waals surface area (Å²) in [6.07, 6.45) is 2.88. The fraction of sp³-hybridized carbons (Fsp3) is 0.250. The molecule has 134 valence electrons. The maximum Gasteiger partial charge on any atom is 0.255 e. The van der Waals surface area contributed by atoms with Gasteiger partial charge in [-0.15, -0.1) is 0 Å². The van der Waals surface area contributed by atoms with Gasteiger partial charge in [0, 0.05) is 6.20 Å². The van der Waals surface area contributed by atoms with Gasteiger partial charge in [0.2, 0.25) is 10.0 Å². The predicted molar refractivity (Wildman–Crippen MR) is 91.0 cm³/mol. The third-order valence-corrected chi connectivity index (χ3v) is 4.18. The minimum atomic E-state index is -3.92. The van der Waals surface area contributed by atoms with E-state index in [0.717, 1.165) is 0 Å². The van der Waals surface area contributed by atoms with Crippen LogP contribution in [0.4, 0.5) is 0 Å². The summed E-state index contributed by atoms with van der Waals surface area (Å²) in [5, 5.41) is 7.77. The molecule has 1 atom stereocenters. The van der Waals surface area contributed by atoms with Crippen molar-refractivity contribution in [2.24, 2.45) is 5.14 Å². The van der Waals surface area contributed by atoms with Crippen molar-refractivity contribution < 1.29 is 22.7 Å². The van der Waals surface area contributed by atoms with Crippen LogP contribution in [-0.2, 0) is 10.0 Å². The van der Waals surface area contributed by atoms with Gasteiger partial charge in [-0.2, -0.15) is 0 Å². The number of carbonyl (C=O) groups is 1. The predicted octanol–water partition coefficient (Wildman–Crippen LogP) is 0.935. The lowest BCUT2D eigenvalue weighted by molar-refractivity contribution is 0.0929. The maximum absolute atomic E-state index is 12.4. The van der Waals surface area contributed by atoms with Gasteiger partial charge >= 0.3 is 0 Å². The van der Waals surface area contributed by atoms with Crippen LogP contribution in [0.3, 0.4) is 0 Å². The number of sulfonamides is 1. The van der Waals surface area contributed by atoms with Crippen molar-refractivity contribution >= 4 is 15.9 Å². The first-order valence-electron chi connectivity index (χ1n) is 7.37. The average molecular weight is 365 g/mol. The van der Waals surface area contributed by atoms with Crippen molar-refractivity contribution in [3.05, 3.63) is 48.3 Å². The lowest BCUT2D eigenvalue weighted by Gasteiger charge is -2.16. The van der Waals surface area contributed by atoms with Crippen LogP contribution in [0.1, 0.15) is 17.3 Å². The number of nitrogens with two attached hydrogens (primary N) is 1. The molecular formula is C16H19N3O5S. The molecule has 0 saturated heterocycles. The number of primary sulfonamides is 1. The SMILES string of the molecule is COc1ccc(S(N)(=O)=O)cc1C(=O)NC[C@@H](C)Oc1cccnc1. The van der Waals surface area contributed by atoms with Crippen LogP contribution in [0, 0.1) is 0 Å². The quantitative estimate of drug-likeness (QED) is 0.753. The topological polar surface area (TPSA) is 121 Å². The lowest BCUT2D eigenvalue weighted by Crippen LogP contribution is -2.34. The molecule has 0 aliphatic carbocycles. The molecule has 0 spiro atoms. The van der Waals surface area contributed by atoms with Gasteiger partial charge in [0.1, 0.15) is 17.6 Å². The number of hydrogen-bond donors (Lipinski definition) is 2. The number of pyridine rings is 1. The van der Waals surface area contributed by atoms with Crippen molar-refractivity contribution in [1.82, 2.24) is 10.3 Å². The molecule has 3 N–H and O–H groups in total. The first-order chi connectivity index (χ1) is 11.8. The number of carbonyl (C=O) groups excluding carboxylic acids is 1. The fourth-order valence-corrected chi connectivity index (χ4v) is 2.60. The Labute approximate surface area is 146 Å². The molecule has 9 heteroatoms. The Morgan fingerprint density at radius 1 is 1.36 bits per heavy atom. The number of hydrogen-bond acceptors (Lipinski definition) is 6. The summed E-state index contributed by atoms with van der Waals surface area (Å²) < 4.78 is 33.6. The first-order valence-corrected chi connectivity index (χ1v) is 8.91. The molecule has 0 aliphatic heterocycles. The smallest absolute Gasteiger partial charge is 0.255 e. The van der Waals surface area contributed by atoms with E-state index in [4.69, 9.17) is 14.6 Å². The van der Waals surface area contributed by atoms with E-state index in [9.17, 15) is 13.2 Å². The van der Waals surface area contributed by atoms with Gasteiger partial charge in [-0.05, 0) is 37.3 Å². The summed E-state index contributed by atoms with van der Waals surface area (Å²) in [6.45, 7) is 1.99. The lowest BCUT2D eigenvalue weighted by atomic mass is 10.2. The fourth-order valence-electron chi connectivity index (χ4n) is 2.06. The average Bonchev–Trinajstić information content (AvgIpc) is 2.59. The minimum Gasteiger partial charge on any atom is -0.496 e. The van der Waals surface area contributed by atoms with Crippen molar-refractivity contribution in [2.75, 3.05) is 13.7 Å². The van der Waals surface area contributed by atoms with Crippen molar-refractivity contribution in [2.45, 2.75) is 17.9 Å². The van der Waals surface area contributed by atoms with E-state index in [1.54, 1.807) is 31.5 Å². The van der Waals surface area contributed by atoms with Gasteiger partial charge in [0.25, 0.3) is 5.91 Å². The highest BCUT2D eigenvalue weighted by atomic mass is 32.2. The van der Waals surface area contributed by atoms with Gasteiger partial charge in [0.15, 0.2) is 0 Å². The Balaban J connectivity index is 2.07. The van der Waals surface area contributed by atoms with Gasteiger partial charge in [-0.1, -0.05) is 0 Å². The Kier molecular flexibility index (Phi) is 5.94. The molecule has 0 fully saturated rings. The molecule has 0 saturated carbocycles. The molecule has 0 aliphatic rings. The molecule has 2 rings (SSSR count). The standard InChI is InChI=1S/C16H19N3O5S/c1-11(24-12-4-3-7-18-10-12)9-19-16(20)14-8-13(25(17,21)22)5-6-15(14)23-2/h3-8,10-11H,9H2,1-2H3,(H,19,20)(H2,17,21,22)/t11-/m1/s1. The van der Waals surface area contributed by atoms with E-state index >= 15 is 0 Å².